The van der Waals surface area contributed by atoms with Crippen molar-refractivity contribution in [3.05, 3.63) is 106 Å². The fraction of sp³-hybridized carbons (Fsp3) is 0.192. The minimum Gasteiger partial charge on any atom is -0.489 e. The van der Waals surface area contributed by atoms with Crippen LogP contribution in [0.2, 0.25) is 0 Å². The van der Waals surface area contributed by atoms with Gasteiger partial charge in [-0.25, -0.2) is 0 Å². The predicted molar refractivity (Wildman–Crippen MR) is 131 cm³/mol. The largest absolute Gasteiger partial charge is 0.489 e. The highest BCUT2D eigenvalue weighted by Gasteiger charge is 2.10. The fourth-order valence-electron chi connectivity index (χ4n) is 3.15. The molecule has 3 aromatic rings. The van der Waals surface area contributed by atoms with E-state index in [-0.39, 0.29) is 10.4 Å². The predicted octanol–water partition coefficient (Wildman–Crippen LogP) is 6.97. The molecule has 166 valence electrons. The zero-order chi connectivity index (χ0) is 22.8. The van der Waals surface area contributed by atoms with Gasteiger partial charge < -0.3 is 14.3 Å². The molecule has 0 radical (unpaired) electrons. The van der Waals surface area contributed by atoms with Crippen LogP contribution in [0.3, 0.4) is 0 Å². The molecule has 4 nitrogen and oxygen atoms in total. The summed E-state index contributed by atoms with van der Waals surface area (Å²) in [5.41, 5.74) is 4.08. The van der Waals surface area contributed by atoms with Gasteiger partial charge in [0.05, 0.1) is 0 Å². The molecule has 1 atom stereocenters. The number of rotatable bonds is 10. The molecule has 3 aromatic carbocycles. The molecule has 0 aliphatic heterocycles. The molecule has 6 heteroatoms. The second-order valence-electron chi connectivity index (χ2n) is 7.04. The molecule has 0 bridgehead atoms. The SMILES string of the molecule is CON=C(COc1ccc(C(C)c2ccc(OCC=C(Cl)Cl)cc2)cc1)c1ccccc1. The summed E-state index contributed by atoms with van der Waals surface area (Å²) in [4.78, 5) is 4.97. The molecule has 0 aliphatic rings. The first-order valence-corrected chi connectivity index (χ1v) is 10.9. The van der Waals surface area contributed by atoms with Crippen LogP contribution < -0.4 is 9.47 Å². The minimum absolute atomic E-state index is 0.199. The Morgan fingerprint density at radius 1 is 0.844 bits per heavy atom. The van der Waals surface area contributed by atoms with Crippen molar-refractivity contribution in [3.8, 4) is 11.5 Å². The quantitative estimate of drug-likeness (QED) is 0.237. The standard InChI is InChI=1S/C26H25Cl2NO3/c1-19(20-8-12-23(13-9-20)31-17-16-26(27)28)21-10-14-24(15-11-21)32-18-25(29-30-2)22-6-4-3-5-7-22/h3-16,19H,17-18H2,1-2H3. The Labute approximate surface area is 199 Å². The summed E-state index contributed by atoms with van der Waals surface area (Å²) in [6.45, 7) is 2.82. The monoisotopic (exact) mass is 469 g/mol. The van der Waals surface area contributed by atoms with E-state index < -0.39 is 0 Å². The van der Waals surface area contributed by atoms with Gasteiger partial charge in [0.25, 0.3) is 0 Å². The van der Waals surface area contributed by atoms with Crippen molar-refractivity contribution in [2.45, 2.75) is 12.8 Å². The van der Waals surface area contributed by atoms with Crippen molar-refractivity contribution in [3.63, 3.8) is 0 Å². The Morgan fingerprint density at radius 2 is 1.41 bits per heavy atom. The van der Waals surface area contributed by atoms with Crippen LogP contribution in [0, 0.1) is 0 Å². The number of ether oxygens (including phenoxy) is 2. The highest BCUT2D eigenvalue weighted by atomic mass is 35.5. The van der Waals surface area contributed by atoms with Crippen molar-refractivity contribution in [1.82, 2.24) is 0 Å². The van der Waals surface area contributed by atoms with E-state index in [0.717, 1.165) is 22.8 Å². The second kappa shape index (κ2) is 12.2. The lowest BCUT2D eigenvalue weighted by molar-refractivity contribution is 0.210. The lowest BCUT2D eigenvalue weighted by Crippen LogP contribution is -2.13. The number of nitrogens with zero attached hydrogens (tertiary/aromatic N) is 1. The maximum absolute atomic E-state index is 5.93. The third-order valence-corrected chi connectivity index (χ3v) is 5.24. The zero-order valence-electron chi connectivity index (χ0n) is 18.0. The van der Waals surface area contributed by atoms with Crippen molar-refractivity contribution in [2.75, 3.05) is 20.3 Å². The molecule has 0 spiro atoms. The van der Waals surface area contributed by atoms with Crippen LogP contribution >= 0.6 is 23.2 Å². The van der Waals surface area contributed by atoms with E-state index in [1.54, 1.807) is 6.08 Å². The molecule has 0 fully saturated rings. The summed E-state index contributed by atoms with van der Waals surface area (Å²) >= 11 is 11.2. The summed E-state index contributed by atoms with van der Waals surface area (Å²) in [5, 5.41) is 4.09. The van der Waals surface area contributed by atoms with E-state index in [4.69, 9.17) is 37.5 Å². The van der Waals surface area contributed by atoms with Gasteiger partial charge in [0.1, 0.15) is 42.0 Å². The molecular weight excluding hydrogens is 445 g/mol. The van der Waals surface area contributed by atoms with Crippen LogP contribution in [0.1, 0.15) is 29.5 Å². The van der Waals surface area contributed by atoms with Gasteiger partial charge >= 0.3 is 0 Å². The summed E-state index contributed by atoms with van der Waals surface area (Å²) in [6, 6.07) is 25.9. The second-order valence-corrected chi connectivity index (χ2v) is 8.05. The zero-order valence-corrected chi connectivity index (χ0v) is 19.5. The number of oxime groups is 1. The van der Waals surface area contributed by atoms with Gasteiger partial charge in [0.15, 0.2) is 0 Å². The van der Waals surface area contributed by atoms with Gasteiger partial charge in [-0.15, -0.1) is 0 Å². The van der Waals surface area contributed by atoms with Crippen molar-refractivity contribution in [1.29, 1.82) is 0 Å². The molecule has 32 heavy (non-hydrogen) atoms. The van der Waals surface area contributed by atoms with E-state index in [2.05, 4.69) is 36.3 Å². The Kier molecular flexibility index (Phi) is 9.02. The Balaban J connectivity index is 1.60. The van der Waals surface area contributed by atoms with E-state index in [1.807, 2.05) is 54.6 Å². The topological polar surface area (TPSA) is 40.0 Å². The molecular formula is C26H25Cl2NO3. The average Bonchev–Trinajstić information content (AvgIpc) is 2.82. The van der Waals surface area contributed by atoms with E-state index in [1.165, 1.54) is 18.2 Å². The van der Waals surface area contributed by atoms with Crippen molar-refractivity contribution < 1.29 is 14.3 Å². The first kappa shape index (κ1) is 23.7. The fourth-order valence-corrected chi connectivity index (χ4v) is 3.28. The summed E-state index contributed by atoms with van der Waals surface area (Å²) < 4.78 is 11.7. The number of benzene rings is 3. The first-order chi connectivity index (χ1) is 15.6. The molecule has 0 saturated heterocycles. The summed E-state index contributed by atoms with van der Waals surface area (Å²) in [7, 11) is 1.53. The van der Waals surface area contributed by atoms with Gasteiger partial charge in [-0.3, -0.25) is 0 Å². The normalized spacial score (nSPS) is 12.1. The average molecular weight is 470 g/mol. The summed E-state index contributed by atoms with van der Waals surface area (Å²) in [6.07, 6.45) is 1.60. The molecule has 0 heterocycles. The highest BCUT2D eigenvalue weighted by molar-refractivity contribution is 6.55. The van der Waals surface area contributed by atoms with Crippen LogP contribution in [-0.2, 0) is 4.84 Å². The van der Waals surface area contributed by atoms with Gasteiger partial charge in [0, 0.05) is 11.5 Å². The lowest BCUT2D eigenvalue weighted by Gasteiger charge is -2.14. The van der Waals surface area contributed by atoms with Crippen LogP contribution in [0.25, 0.3) is 0 Å². The van der Waals surface area contributed by atoms with Crippen molar-refractivity contribution in [2.24, 2.45) is 5.16 Å². The molecule has 1 unspecified atom stereocenters. The Hall–Kier alpha value is -2.95. The maximum Gasteiger partial charge on any atom is 0.134 e. The third kappa shape index (κ3) is 7.04. The van der Waals surface area contributed by atoms with Crippen LogP contribution in [0.4, 0.5) is 0 Å². The molecule has 0 amide bonds. The summed E-state index contributed by atoms with van der Waals surface area (Å²) in [5.74, 6) is 1.77. The molecule has 0 N–H and O–H groups in total. The first-order valence-electron chi connectivity index (χ1n) is 10.2. The number of hydrogen-bond acceptors (Lipinski definition) is 4. The van der Waals surface area contributed by atoms with Crippen molar-refractivity contribution >= 4 is 28.9 Å². The molecule has 0 aliphatic carbocycles. The number of halogens is 2. The Morgan fingerprint density at radius 3 is 1.94 bits per heavy atom. The van der Waals surface area contributed by atoms with Gasteiger partial charge in [0.2, 0.25) is 0 Å². The van der Waals surface area contributed by atoms with Crippen LogP contribution in [0.15, 0.2) is 94.6 Å². The highest BCUT2D eigenvalue weighted by Crippen LogP contribution is 2.27. The van der Waals surface area contributed by atoms with E-state index in [0.29, 0.717) is 13.2 Å². The molecule has 0 saturated carbocycles. The van der Waals surface area contributed by atoms with E-state index >= 15 is 0 Å². The lowest BCUT2D eigenvalue weighted by atomic mass is 9.93. The van der Waals surface area contributed by atoms with Gasteiger partial charge in [-0.05, 0) is 41.5 Å². The molecule has 3 rings (SSSR count). The third-order valence-electron chi connectivity index (χ3n) is 4.93. The number of hydrogen-bond donors (Lipinski definition) is 0. The van der Waals surface area contributed by atoms with Crippen LogP contribution in [0.5, 0.6) is 11.5 Å². The Bertz CT molecular complexity index is 1030. The minimum atomic E-state index is 0.199. The van der Waals surface area contributed by atoms with Crippen LogP contribution in [-0.4, -0.2) is 26.0 Å². The van der Waals surface area contributed by atoms with Gasteiger partial charge in [-0.2, -0.15) is 0 Å². The smallest absolute Gasteiger partial charge is 0.134 e. The van der Waals surface area contributed by atoms with E-state index in [9.17, 15) is 0 Å². The molecule has 0 aromatic heterocycles. The maximum atomic E-state index is 5.93. The van der Waals surface area contributed by atoms with Gasteiger partial charge in [-0.1, -0.05) is 89.9 Å².